The molecule has 0 radical (unpaired) electrons. The third kappa shape index (κ3) is 2.79. The van der Waals surface area contributed by atoms with E-state index in [1.165, 1.54) is 0 Å². The average Bonchev–Trinajstić information content (AvgIpc) is 2.47. The molecule has 0 fully saturated rings. The number of benzene rings is 3. The summed E-state index contributed by atoms with van der Waals surface area (Å²) in [6.45, 7) is 0. The third-order valence-electron chi connectivity index (χ3n) is 3.17. The Labute approximate surface area is 139 Å². The lowest BCUT2D eigenvalue weighted by molar-refractivity contribution is 0.103. The molecule has 0 atom stereocenters. The smallest absolute Gasteiger partial charge is 0.193 e. The number of halogens is 2. The molecule has 0 bridgehead atoms. The summed E-state index contributed by atoms with van der Waals surface area (Å²) >= 11 is 5.69. The molecular weight excluding hydrogens is 427 g/mol. The van der Waals surface area contributed by atoms with Crippen LogP contribution in [0.4, 0.5) is 0 Å². The summed E-state index contributed by atoms with van der Waals surface area (Å²) < 4.78 is 2.17. The van der Waals surface area contributed by atoms with E-state index in [2.05, 4.69) is 44.6 Å². The van der Waals surface area contributed by atoms with Crippen LogP contribution in [0.2, 0.25) is 0 Å². The highest BCUT2D eigenvalue weighted by atomic mass is 127. The lowest BCUT2D eigenvalue weighted by atomic mass is 10.0. The monoisotopic (exact) mass is 436 g/mol. The molecule has 98 valence electrons. The van der Waals surface area contributed by atoms with Crippen LogP contribution in [-0.4, -0.2) is 5.78 Å². The highest BCUT2D eigenvalue weighted by molar-refractivity contribution is 14.1. The molecule has 0 N–H and O–H groups in total. The molecule has 3 aromatic carbocycles. The second kappa shape index (κ2) is 5.66. The summed E-state index contributed by atoms with van der Waals surface area (Å²) in [6.07, 6.45) is 0. The Morgan fingerprint density at radius 3 is 2.15 bits per heavy atom. The molecule has 3 heteroatoms. The number of carbonyl (C=O) groups excluding carboxylic acids is 1. The SMILES string of the molecule is O=C(c1ccc(I)cc1)c1ccc2cc(Br)ccc2c1. The fourth-order valence-electron chi connectivity index (χ4n) is 2.13. The third-order valence-corrected chi connectivity index (χ3v) is 4.38. The van der Waals surface area contributed by atoms with Crippen LogP contribution in [-0.2, 0) is 0 Å². The van der Waals surface area contributed by atoms with Crippen LogP contribution < -0.4 is 0 Å². The van der Waals surface area contributed by atoms with Crippen molar-refractivity contribution in [2.45, 2.75) is 0 Å². The highest BCUT2D eigenvalue weighted by Gasteiger charge is 2.09. The van der Waals surface area contributed by atoms with Crippen LogP contribution in [0.3, 0.4) is 0 Å². The van der Waals surface area contributed by atoms with Gasteiger partial charge in [-0.05, 0) is 75.8 Å². The Hall–Kier alpha value is -1.20. The molecule has 0 saturated heterocycles. The Kier molecular flexibility index (Phi) is 3.89. The molecule has 0 saturated carbocycles. The van der Waals surface area contributed by atoms with Gasteiger partial charge in [-0.2, -0.15) is 0 Å². The van der Waals surface area contributed by atoms with Gasteiger partial charge in [-0.1, -0.05) is 34.1 Å². The zero-order chi connectivity index (χ0) is 14.1. The van der Waals surface area contributed by atoms with Crippen LogP contribution in [0.15, 0.2) is 65.1 Å². The summed E-state index contributed by atoms with van der Waals surface area (Å²) in [5, 5.41) is 2.20. The normalized spacial score (nSPS) is 10.7. The van der Waals surface area contributed by atoms with Gasteiger partial charge in [0.1, 0.15) is 0 Å². The van der Waals surface area contributed by atoms with E-state index in [0.29, 0.717) is 0 Å². The second-order valence-electron chi connectivity index (χ2n) is 4.54. The molecule has 0 unspecified atom stereocenters. The molecule has 0 aliphatic carbocycles. The topological polar surface area (TPSA) is 17.1 Å². The zero-order valence-corrected chi connectivity index (χ0v) is 14.2. The Balaban J connectivity index is 2.03. The average molecular weight is 437 g/mol. The summed E-state index contributed by atoms with van der Waals surface area (Å²) in [5.41, 5.74) is 1.45. The standard InChI is InChI=1S/C17H10BrIO/c18-15-6-3-12-9-14(2-1-13(12)10-15)17(20)11-4-7-16(19)8-5-11/h1-10H. The van der Waals surface area contributed by atoms with Crippen molar-refractivity contribution < 1.29 is 4.79 Å². The Bertz CT molecular complexity index is 794. The predicted molar refractivity (Wildman–Crippen MR) is 94.2 cm³/mol. The minimum Gasteiger partial charge on any atom is -0.289 e. The van der Waals surface area contributed by atoms with Crippen molar-refractivity contribution in [3.05, 3.63) is 79.8 Å². The number of fused-ring (bicyclic) bond motifs is 1. The lowest BCUT2D eigenvalue weighted by Crippen LogP contribution is -2.00. The van der Waals surface area contributed by atoms with E-state index in [-0.39, 0.29) is 5.78 Å². The van der Waals surface area contributed by atoms with Crippen molar-refractivity contribution >= 4 is 55.1 Å². The first-order valence-electron chi connectivity index (χ1n) is 6.13. The fourth-order valence-corrected chi connectivity index (χ4v) is 2.86. The second-order valence-corrected chi connectivity index (χ2v) is 6.70. The van der Waals surface area contributed by atoms with Crippen LogP contribution in [0.1, 0.15) is 15.9 Å². The van der Waals surface area contributed by atoms with Crippen LogP contribution in [0.5, 0.6) is 0 Å². The first kappa shape index (κ1) is 13.8. The number of hydrogen-bond donors (Lipinski definition) is 0. The van der Waals surface area contributed by atoms with Crippen molar-refractivity contribution in [3.63, 3.8) is 0 Å². The number of rotatable bonds is 2. The summed E-state index contributed by atoms with van der Waals surface area (Å²) in [4.78, 5) is 12.5. The first-order valence-corrected chi connectivity index (χ1v) is 8.00. The molecular formula is C17H10BrIO. The largest absolute Gasteiger partial charge is 0.289 e. The van der Waals surface area contributed by atoms with E-state index in [0.717, 1.165) is 29.9 Å². The van der Waals surface area contributed by atoms with Gasteiger partial charge >= 0.3 is 0 Å². The van der Waals surface area contributed by atoms with Crippen molar-refractivity contribution in [1.82, 2.24) is 0 Å². The summed E-state index contributed by atoms with van der Waals surface area (Å²) in [6, 6.07) is 19.5. The maximum atomic E-state index is 12.5. The van der Waals surface area contributed by atoms with E-state index in [1.54, 1.807) is 0 Å². The molecule has 0 amide bonds. The minimum atomic E-state index is 0.0613. The van der Waals surface area contributed by atoms with Crippen LogP contribution in [0.25, 0.3) is 10.8 Å². The number of hydrogen-bond acceptors (Lipinski definition) is 1. The van der Waals surface area contributed by atoms with Gasteiger partial charge in [-0.3, -0.25) is 4.79 Å². The van der Waals surface area contributed by atoms with Gasteiger partial charge in [0.05, 0.1) is 0 Å². The molecule has 0 aliphatic heterocycles. The van der Waals surface area contributed by atoms with Crippen LogP contribution >= 0.6 is 38.5 Å². The first-order chi connectivity index (χ1) is 9.63. The van der Waals surface area contributed by atoms with Gasteiger partial charge < -0.3 is 0 Å². The lowest BCUT2D eigenvalue weighted by Gasteiger charge is -2.04. The van der Waals surface area contributed by atoms with Crippen LogP contribution in [0, 0.1) is 3.57 Å². The highest BCUT2D eigenvalue weighted by Crippen LogP contribution is 2.22. The molecule has 0 aromatic heterocycles. The van der Waals surface area contributed by atoms with E-state index in [1.807, 2.05) is 54.6 Å². The molecule has 3 aromatic rings. The Morgan fingerprint density at radius 1 is 0.800 bits per heavy atom. The molecule has 0 spiro atoms. The maximum absolute atomic E-state index is 12.5. The van der Waals surface area contributed by atoms with E-state index in [9.17, 15) is 4.79 Å². The Morgan fingerprint density at radius 2 is 1.40 bits per heavy atom. The van der Waals surface area contributed by atoms with Gasteiger partial charge in [-0.25, -0.2) is 0 Å². The number of ketones is 1. The quantitative estimate of drug-likeness (QED) is 0.386. The minimum absolute atomic E-state index is 0.0613. The molecule has 20 heavy (non-hydrogen) atoms. The molecule has 0 heterocycles. The molecule has 1 nitrogen and oxygen atoms in total. The fraction of sp³-hybridized carbons (Fsp3) is 0. The predicted octanol–water partition coefficient (Wildman–Crippen LogP) is 5.44. The van der Waals surface area contributed by atoms with Crippen molar-refractivity contribution in [1.29, 1.82) is 0 Å². The van der Waals surface area contributed by atoms with Gasteiger partial charge in [0.25, 0.3) is 0 Å². The van der Waals surface area contributed by atoms with Gasteiger partial charge in [0, 0.05) is 19.2 Å². The zero-order valence-electron chi connectivity index (χ0n) is 10.4. The van der Waals surface area contributed by atoms with E-state index >= 15 is 0 Å². The maximum Gasteiger partial charge on any atom is 0.193 e. The van der Waals surface area contributed by atoms with Gasteiger partial charge in [0.15, 0.2) is 5.78 Å². The molecule has 3 rings (SSSR count). The van der Waals surface area contributed by atoms with Gasteiger partial charge in [0.2, 0.25) is 0 Å². The molecule has 0 aliphatic rings. The van der Waals surface area contributed by atoms with Crippen molar-refractivity contribution in [2.75, 3.05) is 0 Å². The summed E-state index contributed by atoms with van der Waals surface area (Å²) in [7, 11) is 0. The van der Waals surface area contributed by atoms with Crippen molar-refractivity contribution in [2.24, 2.45) is 0 Å². The van der Waals surface area contributed by atoms with Gasteiger partial charge in [-0.15, -0.1) is 0 Å². The van der Waals surface area contributed by atoms with E-state index < -0.39 is 0 Å². The number of carbonyl (C=O) groups is 1. The van der Waals surface area contributed by atoms with Crippen molar-refractivity contribution in [3.8, 4) is 0 Å². The van der Waals surface area contributed by atoms with E-state index in [4.69, 9.17) is 0 Å². The summed E-state index contributed by atoms with van der Waals surface area (Å²) in [5.74, 6) is 0.0613.